The molecule has 1 spiro atoms. The van der Waals surface area contributed by atoms with Crippen molar-refractivity contribution in [3.63, 3.8) is 0 Å². The van der Waals surface area contributed by atoms with Crippen molar-refractivity contribution in [2.75, 3.05) is 0 Å². The molecule has 0 saturated heterocycles. The minimum atomic E-state index is -0.0331. The fraction of sp³-hybridized carbons (Fsp3) is 0.0526. The number of benzene rings is 1. The fourth-order valence-electron chi connectivity index (χ4n) is 3.14. The largest absolute Gasteiger partial charge is 0.0658 e. The topological polar surface area (TPSA) is 0 Å². The van der Waals surface area contributed by atoms with Crippen molar-refractivity contribution >= 4 is 5.57 Å². The molecule has 4 rings (SSSR count). The van der Waals surface area contributed by atoms with Crippen molar-refractivity contribution < 1.29 is 0 Å². The standard InChI is InChI=1S/C19H14/c1-3-7-15(8-4-1)17-12-14-19-13-6-2-5-9-16(19)10-11-18(17)19/h1-14H. The molecule has 0 nitrogen and oxygen atoms in total. The smallest absolute Gasteiger partial charge is 0.0575 e. The van der Waals surface area contributed by atoms with Crippen LogP contribution in [0.25, 0.3) is 5.57 Å². The lowest BCUT2D eigenvalue weighted by Gasteiger charge is -2.22. The SMILES string of the molecule is C1=CC=C2C=CC3=C(c4ccccc4)C=CC23C=C1. The van der Waals surface area contributed by atoms with Gasteiger partial charge in [0.25, 0.3) is 0 Å². The van der Waals surface area contributed by atoms with Gasteiger partial charge in [0.1, 0.15) is 0 Å². The Morgan fingerprint density at radius 1 is 0.737 bits per heavy atom. The Labute approximate surface area is 113 Å². The fourth-order valence-corrected chi connectivity index (χ4v) is 3.14. The van der Waals surface area contributed by atoms with Crippen LogP contribution in [0.3, 0.4) is 0 Å². The normalized spacial score (nSPS) is 26.4. The summed E-state index contributed by atoms with van der Waals surface area (Å²) in [5.41, 5.74) is 5.35. The van der Waals surface area contributed by atoms with Gasteiger partial charge in [-0.1, -0.05) is 85.0 Å². The van der Waals surface area contributed by atoms with Gasteiger partial charge in [-0.15, -0.1) is 0 Å². The Bertz CT molecular complexity index is 706. The molecule has 1 unspecified atom stereocenters. The van der Waals surface area contributed by atoms with E-state index < -0.39 is 0 Å². The third kappa shape index (κ3) is 1.40. The average molecular weight is 242 g/mol. The van der Waals surface area contributed by atoms with Crippen LogP contribution in [0.2, 0.25) is 0 Å². The molecule has 0 heterocycles. The molecule has 0 saturated carbocycles. The number of hydrogen-bond acceptors (Lipinski definition) is 0. The Kier molecular flexibility index (Phi) is 2.13. The van der Waals surface area contributed by atoms with Gasteiger partial charge in [-0.05, 0) is 22.3 Å². The highest BCUT2D eigenvalue weighted by Crippen LogP contribution is 2.52. The van der Waals surface area contributed by atoms with Crippen molar-refractivity contribution in [1.29, 1.82) is 0 Å². The van der Waals surface area contributed by atoms with E-state index in [9.17, 15) is 0 Å². The molecule has 0 amide bonds. The molecular weight excluding hydrogens is 228 g/mol. The predicted molar refractivity (Wildman–Crippen MR) is 80.4 cm³/mol. The lowest BCUT2D eigenvalue weighted by molar-refractivity contribution is 0.778. The van der Waals surface area contributed by atoms with Crippen LogP contribution in [0.5, 0.6) is 0 Å². The van der Waals surface area contributed by atoms with Crippen molar-refractivity contribution in [1.82, 2.24) is 0 Å². The molecule has 1 atom stereocenters. The monoisotopic (exact) mass is 242 g/mol. The highest BCUT2D eigenvalue weighted by atomic mass is 14.4. The summed E-state index contributed by atoms with van der Waals surface area (Å²) in [6.45, 7) is 0. The van der Waals surface area contributed by atoms with E-state index in [-0.39, 0.29) is 5.41 Å². The molecule has 19 heavy (non-hydrogen) atoms. The van der Waals surface area contributed by atoms with Gasteiger partial charge in [-0.3, -0.25) is 0 Å². The summed E-state index contributed by atoms with van der Waals surface area (Å²) in [7, 11) is 0. The van der Waals surface area contributed by atoms with Crippen LogP contribution >= 0.6 is 0 Å². The van der Waals surface area contributed by atoms with Gasteiger partial charge in [-0.2, -0.15) is 0 Å². The van der Waals surface area contributed by atoms with E-state index in [1.165, 1.54) is 22.3 Å². The van der Waals surface area contributed by atoms with Gasteiger partial charge < -0.3 is 0 Å². The van der Waals surface area contributed by atoms with Crippen molar-refractivity contribution in [2.45, 2.75) is 0 Å². The Hall–Kier alpha value is -2.34. The predicted octanol–water partition coefficient (Wildman–Crippen LogP) is 4.62. The third-order valence-electron chi connectivity index (χ3n) is 4.10. The summed E-state index contributed by atoms with van der Waals surface area (Å²) >= 11 is 0. The Morgan fingerprint density at radius 2 is 1.63 bits per heavy atom. The van der Waals surface area contributed by atoms with Gasteiger partial charge >= 0.3 is 0 Å². The van der Waals surface area contributed by atoms with E-state index in [1.54, 1.807) is 0 Å². The lowest BCUT2D eigenvalue weighted by Crippen LogP contribution is -2.13. The molecule has 0 fully saturated rings. The molecule has 1 aromatic carbocycles. The highest BCUT2D eigenvalue weighted by Gasteiger charge is 2.39. The second kappa shape index (κ2) is 3.83. The zero-order chi connectivity index (χ0) is 12.7. The minimum Gasteiger partial charge on any atom is -0.0658 e. The first-order chi connectivity index (χ1) is 9.40. The van der Waals surface area contributed by atoms with Crippen LogP contribution in [0.15, 0.2) is 96.2 Å². The molecule has 1 aromatic rings. The molecule has 0 bridgehead atoms. The van der Waals surface area contributed by atoms with Gasteiger partial charge in [0.05, 0.1) is 5.41 Å². The van der Waals surface area contributed by atoms with E-state index in [4.69, 9.17) is 0 Å². The number of allylic oxidation sites excluding steroid dienone is 12. The van der Waals surface area contributed by atoms with Crippen molar-refractivity contribution in [3.05, 3.63) is 102 Å². The van der Waals surface area contributed by atoms with Crippen LogP contribution < -0.4 is 0 Å². The zero-order valence-electron chi connectivity index (χ0n) is 10.6. The summed E-state index contributed by atoms with van der Waals surface area (Å²) in [5, 5.41) is 0. The minimum absolute atomic E-state index is 0.0331. The Balaban J connectivity index is 1.94. The molecule has 3 aliphatic rings. The molecular formula is C19H14. The van der Waals surface area contributed by atoms with Crippen LogP contribution in [-0.2, 0) is 0 Å². The summed E-state index contributed by atoms with van der Waals surface area (Å²) < 4.78 is 0. The maximum absolute atomic E-state index is 2.32. The van der Waals surface area contributed by atoms with Gasteiger partial charge in [0.15, 0.2) is 0 Å². The second-order valence-electron chi connectivity index (χ2n) is 5.10. The van der Waals surface area contributed by atoms with E-state index in [2.05, 4.69) is 85.0 Å². The molecule has 0 aliphatic heterocycles. The van der Waals surface area contributed by atoms with E-state index in [1.807, 2.05) is 0 Å². The summed E-state index contributed by atoms with van der Waals surface area (Å²) in [4.78, 5) is 0. The maximum atomic E-state index is 2.32. The zero-order valence-corrected chi connectivity index (χ0v) is 10.6. The van der Waals surface area contributed by atoms with Crippen molar-refractivity contribution in [3.8, 4) is 0 Å². The van der Waals surface area contributed by atoms with Gasteiger partial charge in [-0.25, -0.2) is 0 Å². The highest BCUT2D eigenvalue weighted by molar-refractivity contribution is 5.87. The van der Waals surface area contributed by atoms with Crippen LogP contribution in [0.4, 0.5) is 0 Å². The molecule has 0 N–H and O–H groups in total. The van der Waals surface area contributed by atoms with E-state index in [0.717, 1.165) is 0 Å². The average Bonchev–Trinajstić information content (AvgIpc) is 2.90. The van der Waals surface area contributed by atoms with Gasteiger partial charge in [0.2, 0.25) is 0 Å². The number of hydrogen-bond donors (Lipinski definition) is 0. The van der Waals surface area contributed by atoms with Crippen LogP contribution in [-0.4, -0.2) is 0 Å². The molecule has 0 radical (unpaired) electrons. The van der Waals surface area contributed by atoms with Gasteiger partial charge in [0, 0.05) is 0 Å². The van der Waals surface area contributed by atoms with Crippen molar-refractivity contribution in [2.24, 2.45) is 5.41 Å². The first-order valence-electron chi connectivity index (χ1n) is 6.64. The maximum Gasteiger partial charge on any atom is 0.0575 e. The molecule has 0 aromatic heterocycles. The summed E-state index contributed by atoms with van der Waals surface area (Å²) in [5.74, 6) is 0. The quantitative estimate of drug-likeness (QED) is 0.674. The van der Waals surface area contributed by atoms with E-state index >= 15 is 0 Å². The second-order valence-corrected chi connectivity index (χ2v) is 5.10. The Morgan fingerprint density at radius 3 is 2.53 bits per heavy atom. The molecule has 90 valence electrons. The lowest BCUT2D eigenvalue weighted by atomic mass is 9.79. The summed E-state index contributed by atoms with van der Waals surface area (Å²) in [6.07, 6.45) is 19.9. The summed E-state index contributed by atoms with van der Waals surface area (Å²) in [6, 6.07) is 10.6. The van der Waals surface area contributed by atoms with E-state index in [0.29, 0.717) is 0 Å². The molecule has 3 aliphatic carbocycles. The first kappa shape index (κ1) is 10.6. The first-order valence-corrected chi connectivity index (χ1v) is 6.64. The third-order valence-corrected chi connectivity index (χ3v) is 4.10. The van der Waals surface area contributed by atoms with Crippen LogP contribution in [0, 0.1) is 5.41 Å². The van der Waals surface area contributed by atoms with Crippen LogP contribution in [0.1, 0.15) is 5.56 Å². The molecule has 0 heteroatoms. The number of rotatable bonds is 1.